The number of hydrogen-bond acceptors (Lipinski definition) is 2. The normalized spacial score (nSPS) is 15.3. The lowest BCUT2D eigenvalue weighted by Crippen LogP contribution is -2.37. The molecule has 0 aliphatic rings. The minimum absolute atomic E-state index is 0.0342. The maximum absolute atomic E-state index is 11.8. The topological polar surface area (TPSA) is 46.2 Å². The summed E-state index contributed by atoms with van der Waals surface area (Å²) in [7, 11) is -3.25. The highest BCUT2D eigenvalue weighted by Crippen LogP contribution is 2.06. The Morgan fingerprint density at radius 3 is 2.39 bits per heavy atom. The SMILES string of the molecule is CC(CCl)CS(=O)(=O)NC(C)Cc1ccccc1. The molecular weight excluding hydrogens is 270 g/mol. The van der Waals surface area contributed by atoms with Crippen molar-refractivity contribution in [2.24, 2.45) is 5.92 Å². The van der Waals surface area contributed by atoms with Crippen molar-refractivity contribution in [1.29, 1.82) is 0 Å². The Morgan fingerprint density at radius 1 is 1.22 bits per heavy atom. The maximum atomic E-state index is 11.8. The van der Waals surface area contributed by atoms with Gasteiger partial charge in [-0.15, -0.1) is 11.6 Å². The van der Waals surface area contributed by atoms with Gasteiger partial charge in [0.15, 0.2) is 0 Å². The fourth-order valence-corrected chi connectivity index (χ4v) is 3.68. The van der Waals surface area contributed by atoms with E-state index in [1.807, 2.05) is 44.2 Å². The van der Waals surface area contributed by atoms with Gasteiger partial charge in [-0.1, -0.05) is 37.3 Å². The monoisotopic (exact) mass is 289 g/mol. The second kappa shape index (κ2) is 7.12. The van der Waals surface area contributed by atoms with Crippen LogP contribution in [-0.2, 0) is 16.4 Å². The molecule has 0 bridgehead atoms. The summed E-state index contributed by atoms with van der Waals surface area (Å²) in [6, 6.07) is 9.72. The Morgan fingerprint density at radius 2 is 1.83 bits per heavy atom. The third kappa shape index (κ3) is 5.85. The van der Waals surface area contributed by atoms with E-state index < -0.39 is 10.0 Å². The van der Waals surface area contributed by atoms with Crippen LogP contribution in [0.25, 0.3) is 0 Å². The molecule has 1 rings (SSSR count). The predicted octanol–water partition coefficient (Wildman–Crippen LogP) is 2.41. The lowest BCUT2D eigenvalue weighted by Gasteiger charge is -2.16. The molecule has 0 fully saturated rings. The average molecular weight is 290 g/mol. The standard InChI is InChI=1S/C13H20ClNO2S/c1-11(9-14)10-18(16,17)15-12(2)8-13-6-4-3-5-7-13/h3-7,11-12,15H,8-10H2,1-2H3. The molecule has 2 unspecified atom stereocenters. The van der Waals surface area contributed by atoms with E-state index in [4.69, 9.17) is 11.6 Å². The van der Waals surface area contributed by atoms with E-state index in [1.165, 1.54) is 0 Å². The molecule has 0 radical (unpaired) electrons. The van der Waals surface area contributed by atoms with Crippen molar-refractivity contribution in [2.75, 3.05) is 11.6 Å². The van der Waals surface area contributed by atoms with Crippen LogP contribution in [0.2, 0.25) is 0 Å². The van der Waals surface area contributed by atoms with Crippen LogP contribution in [0.15, 0.2) is 30.3 Å². The quantitative estimate of drug-likeness (QED) is 0.784. The summed E-state index contributed by atoms with van der Waals surface area (Å²) in [5, 5.41) is 0. The predicted molar refractivity (Wildman–Crippen MR) is 76.4 cm³/mol. The largest absolute Gasteiger partial charge is 0.212 e. The summed E-state index contributed by atoms with van der Waals surface area (Å²) in [5.41, 5.74) is 1.12. The second-order valence-corrected chi connectivity index (χ2v) is 6.86. The van der Waals surface area contributed by atoms with Gasteiger partial charge in [0.1, 0.15) is 0 Å². The Balaban J connectivity index is 2.51. The highest BCUT2D eigenvalue weighted by molar-refractivity contribution is 7.89. The first kappa shape index (κ1) is 15.5. The molecule has 1 aromatic rings. The van der Waals surface area contributed by atoms with Crippen molar-refractivity contribution in [2.45, 2.75) is 26.3 Å². The van der Waals surface area contributed by atoms with Crippen LogP contribution in [-0.4, -0.2) is 26.1 Å². The van der Waals surface area contributed by atoms with Crippen LogP contribution in [0.4, 0.5) is 0 Å². The first-order chi connectivity index (χ1) is 8.43. The molecule has 18 heavy (non-hydrogen) atoms. The van der Waals surface area contributed by atoms with Crippen LogP contribution < -0.4 is 4.72 Å². The molecule has 5 heteroatoms. The molecule has 0 heterocycles. The summed E-state index contributed by atoms with van der Waals surface area (Å²) >= 11 is 5.63. The summed E-state index contributed by atoms with van der Waals surface area (Å²) in [6.07, 6.45) is 0.690. The molecule has 0 amide bonds. The van der Waals surface area contributed by atoms with Crippen LogP contribution in [0, 0.1) is 5.92 Å². The number of hydrogen-bond donors (Lipinski definition) is 1. The van der Waals surface area contributed by atoms with Crippen LogP contribution in [0.1, 0.15) is 19.4 Å². The molecule has 0 saturated heterocycles. The summed E-state index contributed by atoms with van der Waals surface area (Å²) in [6.45, 7) is 3.70. The van der Waals surface area contributed by atoms with Crippen LogP contribution in [0.3, 0.4) is 0 Å². The van der Waals surface area contributed by atoms with E-state index in [2.05, 4.69) is 4.72 Å². The first-order valence-corrected chi connectivity index (χ1v) is 8.21. The van der Waals surface area contributed by atoms with E-state index in [-0.39, 0.29) is 17.7 Å². The molecule has 0 aromatic heterocycles. The Bertz CT molecular complexity index is 447. The van der Waals surface area contributed by atoms with Gasteiger partial charge in [-0.3, -0.25) is 0 Å². The zero-order valence-corrected chi connectivity index (χ0v) is 12.3. The molecular formula is C13H20ClNO2S. The van der Waals surface area contributed by atoms with Crippen LogP contribution >= 0.6 is 11.6 Å². The average Bonchev–Trinajstić information content (AvgIpc) is 2.28. The van der Waals surface area contributed by atoms with E-state index in [9.17, 15) is 8.42 Å². The highest BCUT2D eigenvalue weighted by atomic mass is 35.5. The molecule has 0 aliphatic heterocycles. The van der Waals surface area contributed by atoms with Crippen molar-refractivity contribution >= 4 is 21.6 Å². The number of nitrogens with one attached hydrogen (secondary N) is 1. The van der Waals surface area contributed by atoms with Gasteiger partial charge in [0, 0.05) is 11.9 Å². The van der Waals surface area contributed by atoms with Gasteiger partial charge in [0.2, 0.25) is 10.0 Å². The Kier molecular flexibility index (Phi) is 6.12. The van der Waals surface area contributed by atoms with E-state index >= 15 is 0 Å². The summed E-state index contributed by atoms with van der Waals surface area (Å²) < 4.78 is 26.3. The lowest BCUT2D eigenvalue weighted by atomic mass is 10.1. The lowest BCUT2D eigenvalue weighted by molar-refractivity contribution is 0.549. The maximum Gasteiger partial charge on any atom is 0.212 e. The molecule has 0 saturated carbocycles. The number of sulfonamides is 1. The van der Waals surface area contributed by atoms with Gasteiger partial charge >= 0.3 is 0 Å². The Labute approximate surface area is 115 Å². The van der Waals surface area contributed by atoms with Gasteiger partial charge in [0.05, 0.1) is 5.75 Å². The molecule has 1 N–H and O–H groups in total. The molecule has 0 aliphatic carbocycles. The molecule has 102 valence electrons. The van der Waals surface area contributed by atoms with Crippen LogP contribution in [0.5, 0.6) is 0 Å². The van der Waals surface area contributed by atoms with Crippen molar-refractivity contribution in [3.05, 3.63) is 35.9 Å². The summed E-state index contributed by atoms with van der Waals surface area (Å²) in [5.74, 6) is 0.400. The third-order valence-corrected chi connectivity index (χ3v) is 4.83. The second-order valence-electron chi connectivity index (χ2n) is 4.75. The van der Waals surface area contributed by atoms with E-state index in [1.54, 1.807) is 0 Å². The molecule has 3 nitrogen and oxygen atoms in total. The molecule has 1 aromatic carbocycles. The van der Waals surface area contributed by atoms with Crippen molar-refractivity contribution < 1.29 is 8.42 Å². The molecule has 0 spiro atoms. The van der Waals surface area contributed by atoms with E-state index in [0.29, 0.717) is 12.3 Å². The number of alkyl halides is 1. The highest BCUT2D eigenvalue weighted by Gasteiger charge is 2.17. The fraction of sp³-hybridized carbons (Fsp3) is 0.538. The number of benzene rings is 1. The van der Waals surface area contributed by atoms with E-state index in [0.717, 1.165) is 5.56 Å². The fourth-order valence-electron chi connectivity index (χ4n) is 1.78. The summed E-state index contributed by atoms with van der Waals surface area (Å²) in [4.78, 5) is 0. The first-order valence-electron chi connectivity index (χ1n) is 6.03. The van der Waals surface area contributed by atoms with Gasteiger partial charge in [-0.05, 0) is 24.8 Å². The van der Waals surface area contributed by atoms with Gasteiger partial charge in [-0.25, -0.2) is 13.1 Å². The number of halogens is 1. The zero-order valence-electron chi connectivity index (χ0n) is 10.8. The van der Waals surface area contributed by atoms with Gasteiger partial charge in [-0.2, -0.15) is 0 Å². The minimum Gasteiger partial charge on any atom is -0.212 e. The Hall–Kier alpha value is -0.580. The third-order valence-electron chi connectivity index (χ3n) is 2.53. The molecule has 2 atom stereocenters. The van der Waals surface area contributed by atoms with Crippen molar-refractivity contribution in [1.82, 2.24) is 4.72 Å². The number of rotatable bonds is 7. The smallest absolute Gasteiger partial charge is 0.212 e. The van der Waals surface area contributed by atoms with Crippen molar-refractivity contribution in [3.63, 3.8) is 0 Å². The van der Waals surface area contributed by atoms with Crippen molar-refractivity contribution in [3.8, 4) is 0 Å². The van der Waals surface area contributed by atoms with Gasteiger partial charge < -0.3 is 0 Å². The van der Waals surface area contributed by atoms with Gasteiger partial charge in [0.25, 0.3) is 0 Å². The minimum atomic E-state index is -3.25. The zero-order chi connectivity index (χ0) is 13.6.